The number of carbonyl (C=O) groups excluding carboxylic acids is 1. The molecule has 8 nitrogen and oxygen atoms in total. The maximum absolute atomic E-state index is 13.9. The van der Waals surface area contributed by atoms with Crippen LogP contribution in [0, 0.1) is 5.82 Å². The summed E-state index contributed by atoms with van der Waals surface area (Å²) in [5.41, 5.74) is 0.496. The van der Waals surface area contributed by atoms with Gasteiger partial charge in [-0.05, 0) is 29.0 Å². The first-order valence-electron chi connectivity index (χ1n) is 11.1. The molecule has 0 atom stereocenters. The topological polar surface area (TPSA) is 91.0 Å². The van der Waals surface area contributed by atoms with Crippen molar-refractivity contribution in [3.63, 3.8) is 0 Å². The van der Waals surface area contributed by atoms with E-state index in [1.54, 1.807) is 22.9 Å². The molecule has 0 saturated heterocycles. The Labute approximate surface area is 199 Å². The smallest absolute Gasteiger partial charge is 0.264 e. The van der Waals surface area contributed by atoms with E-state index in [-0.39, 0.29) is 37.0 Å². The molecule has 9 heteroatoms. The highest BCUT2D eigenvalue weighted by Gasteiger charge is 2.12. The Morgan fingerprint density at radius 2 is 1.83 bits per heavy atom. The largest absolute Gasteiger partial charge is 0.484 e. The molecule has 0 radical (unpaired) electrons. The van der Waals surface area contributed by atoms with E-state index in [1.165, 1.54) is 23.2 Å². The average Bonchev–Trinajstić information content (AvgIpc) is 3.29. The highest BCUT2D eigenvalue weighted by molar-refractivity contribution is 5.84. The van der Waals surface area contributed by atoms with Crippen LogP contribution in [0.3, 0.4) is 0 Å². The van der Waals surface area contributed by atoms with Gasteiger partial charge in [0.1, 0.15) is 23.3 Å². The van der Waals surface area contributed by atoms with E-state index < -0.39 is 0 Å². The lowest BCUT2D eigenvalue weighted by atomic mass is 10.1. The Morgan fingerprint density at radius 3 is 2.69 bits per heavy atom. The molecule has 0 bridgehead atoms. The lowest BCUT2D eigenvalue weighted by molar-refractivity contribution is -0.123. The summed E-state index contributed by atoms with van der Waals surface area (Å²) >= 11 is 0. The minimum absolute atomic E-state index is 0.0763. The molecule has 0 spiro atoms. The third kappa shape index (κ3) is 4.89. The molecule has 0 unspecified atom stereocenters. The van der Waals surface area contributed by atoms with E-state index >= 15 is 0 Å². The molecule has 5 aromatic rings. The van der Waals surface area contributed by atoms with Crippen molar-refractivity contribution in [2.24, 2.45) is 0 Å². The Hall–Kier alpha value is -4.53. The molecular weight excluding hydrogens is 449 g/mol. The lowest BCUT2D eigenvalue weighted by Gasteiger charge is -2.09. The minimum Gasteiger partial charge on any atom is -0.484 e. The average molecular weight is 471 g/mol. The molecule has 5 rings (SSSR count). The van der Waals surface area contributed by atoms with Gasteiger partial charge in [0.05, 0.1) is 19.3 Å². The maximum atomic E-state index is 13.9. The molecule has 1 amide bonds. The van der Waals surface area contributed by atoms with E-state index in [2.05, 4.69) is 15.4 Å². The van der Waals surface area contributed by atoms with Gasteiger partial charge in [-0.15, -0.1) is 0 Å². The van der Waals surface area contributed by atoms with Gasteiger partial charge in [0.2, 0.25) is 0 Å². The van der Waals surface area contributed by atoms with Crippen molar-refractivity contribution in [2.45, 2.75) is 13.1 Å². The number of halogens is 1. The van der Waals surface area contributed by atoms with Crippen LogP contribution in [0.5, 0.6) is 5.75 Å². The minimum atomic E-state index is -0.379. The Balaban J connectivity index is 1.17. The van der Waals surface area contributed by atoms with Crippen molar-refractivity contribution in [1.82, 2.24) is 24.6 Å². The van der Waals surface area contributed by atoms with E-state index in [0.717, 1.165) is 10.8 Å². The van der Waals surface area contributed by atoms with E-state index in [0.29, 0.717) is 28.9 Å². The molecule has 0 saturated carbocycles. The van der Waals surface area contributed by atoms with Gasteiger partial charge in [-0.3, -0.25) is 14.2 Å². The molecule has 3 aromatic carbocycles. The van der Waals surface area contributed by atoms with Crippen molar-refractivity contribution in [2.75, 3.05) is 13.2 Å². The second kappa shape index (κ2) is 9.76. The van der Waals surface area contributed by atoms with Crippen LogP contribution in [0.2, 0.25) is 0 Å². The maximum Gasteiger partial charge on any atom is 0.264 e. The molecule has 0 aliphatic carbocycles. The van der Waals surface area contributed by atoms with Gasteiger partial charge in [-0.25, -0.2) is 14.1 Å². The van der Waals surface area contributed by atoms with Crippen LogP contribution < -0.4 is 15.6 Å². The summed E-state index contributed by atoms with van der Waals surface area (Å²) in [5.74, 6) is -0.0295. The first-order valence-corrected chi connectivity index (χ1v) is 11.1. The predicted molar refractivity (Wildman–Crippen MR) is 130 cm³/mol. The van der Waals surface area contributed by atoms with Gasteiger partial charge >= 0.3 is 0 Å². The monoisotopic (exact) mass is 471 g/mol. The fourth-order valence-corrected chi connectivity index (χ4v) is 3.84. The standard InChI is InChI=1S/C26H22FN5O3/c27-23-8-4-3-7-20(23)15-31-17-29-25-22(26(31)34)14-30-32(25)12-11-28-24(33)16-35-21-10-9-18-5-1-2-6-19(18)13-21/h1-10,13-14,17H,11-12,15-16H2,(H,28,33). The summed E-state index contributed by atoms with van der Waals surface area (Å²) in [6.07, 6.45) is 2.82. The van der Waals surface area contributed by atoms with Gasteiger partial charge in [-0.2, -0.15) is 5.10 Å². The lowest BCUT2D eigenvalue weighted by Crippen LogP contribution is -2.31. The first kappa shape index (κ1) is 22.3. The molecule has 2 aromatic heterocycles. The molecule has 1 N–H and O–H groups in total. The molecule has 0 aliphatic rings. The summed E-state index contributed by atoms with van der Waals surface area (Å²) < 4.78 is 22.4. The summed E-state index contributed by atoms with van der Waals surface area (Å²) in [5, 5.41) is 9.47. The molecule has 0 aliphatic heterocycles. The number of fused-ring (bicyclic) bond motifs is 2. The van der Waals surface area contributed by atoms with Crippen LogP contribution in [0.15, 0.2) is 84.0 Å². The number of rotatable bonds is 8. The van der Waals surface area contributed by atoms with Crippen molar-refractivity contribution in [3.8, 4) is 5.75 Å². The first-order chi connectivity index (χ1) is 17.1. The molecule has 35 heavy (non-hydrogen) atoms. The molecule has 176 valence electrons. The second-order valence-electron chi connectivity index (χ2n) is 8.02. The number of hydrogen-bond acceptors (Lipinski definition) is 5. The zero-order valence-electron chi connectivity index (χ0n) is 18.7. The second-order valence-corrected chi connectivity index (χ2v) is 8.02. The quantitative estimate of drug-likeness (QED) is 0.376. The van der Waals surface area contributed by atoms with Crippen molar-refractivity contribution >= 4 is 27.7 Å². The van der Waals surface area contributed by atoms with Crippen LogP contribution in [0.4, 0.5) is 4.39 Å². The van der Waals surface area contributed by atoms with Crippen LogP contribution in [-0.2, 0) is 17.9 Å². The number of aromatic nitrogens is 4. The summed E-state index contributed by atoms with van der Waals surface area (Å²) in [4.78, 5) is 29.3. The summed E-state index contributed by atoms with van der Waals surface area (Å²) in [6.45, 7) is 0.579. The third-order valence-corrected chi connectivity index (χ3v) is 5.66. The van der Waals surface area contributed by atoms with E-state index in [1.807, 2.05) is 42.5 Å². The highest BCUT2D eigenvalue weighted by Crippen LogP contribution is 2.20. The third-order valence-electron chi connectivity index (χ3n) is 5.66. The van der Waals surface area contributed by atoms with E-state index in [9.17, 15) is 14.0 Å². The molecule has 2 heterocycles. The summed E-state index contributed by atoms with van der Waals surface area (Å²) in [6, 6.07) is 19.9. The van der Waals surface area contributed by atoms with Crippen LogP contribution >= 0.6 is 0 Å². The van der Waals surface area contributed by atoms with Crippen molar-refractivity contribution in [3.05, 3.63) is 101 Å². The molecule has 0 fully saturated rings. The number of nitrogens with one attached hydrogen (secondary N) is 1. The van der Waals surface area contributed by atoms with Crippen LogP contribution in [0.25, 0.3) is 21.8 Å². The Bertz CT molecular complexity index is 1580. The molecular formula is C26H22FN5O3. The van der Waals surface area contributed by atoms with Crippen molar-refractivity contribution < 1.29 is 13.9 Å². The predicted octanol–water partition coefficient (Wildman–Crippen LogP) is 3.13. The number of carbonyl (C=O) groups is 1. The van der Waals surface area contributed by atoms with E-state index in [4.69, 9.17) is 4.74 Å². The SMILES string of the molecule is O=C(COc1ccc2ccccc2c1)NCCn1ncc2c(=O)n(Cc3ccccc3F)cnc21. The van der Waals surface area contributed by atoms with Gasteiger partial charge in [-0.1, -0.05) is 48.5 Å². The number of nitrogens with zero attached hydrogens (tertiary/aromatic N) is 4. The fourth-order valence-electron chi connectivity index (χ4n) is 3.84. The Kier molecular flexibility index (Phi) is 6.21. The highest BCUT2D eigenvalue weighted by atomic mass is 19.1. The summed E-state index contributed by atoms with van der Waals surface area (Å²) in [7, 11) is 0. The number of benzene rings is 3. The number of ether oxygens (including phenoxy) is 1. The Morgan fingerprint density at radius 1 is 1.03 bits per heavy atom. The van der Waals surface area contributed by atoms with Crippen LogP contribution in [0.1, 0.15) is 5.56 Å². The van der Waals surface area contributed by atoms with Gasteiger partial charge in [0.25, 0.3) is 11.5 Å². The van der Waals surface area contributed by atoms with Gasteiger partial charge in [0, 0.05) is 12.1 Å². The van der Waals surface area contributed by atoms with Crippen molar-refractivity contribution in [1.29, 1.82) is 0 Å². The number of amides is 1. The normalized spacial score (nSPS) is 11.1. The number of hydrogen-bond donors (Lipinski definition) is 1. The van der Waals surface area contributed by atoms with Gasteiger partial charge < -0.3 is 10.1 Å². The van der Waals surface area contributed by atoms with Crippen LogP contribution in [-0.4, -0.2) is 38.4 Å². The fraction of sp³-hybridized carbons (Fsp3) is 0.154. The zero-order valence-corrected chi connectivity index (χ0v) is 18.7. The van der Waals surface area contributed by atoms with Gasteiger partial charge in [0.15, 0.2) is 12.3 Å². The zero-order chi connectivity index (χ0) is 24.2.